The first-order valence-electron chi connectivity index (χ1n) is 5.78. The molecular weight excluding hydrogens is 280 g/mol. The number of fused-ring (bicyclic) bond motifs is 1. The largest absolute Gasteiger partial charge is 0.398 e. The lowest BCUT2D eigenvalue weighted by Gasteiger charge is -2.09. The number of anilines is 2. The Morgan fingerprint density at radius 2 is 2.00 bits per heavy atom. The van der Waals surface area contributed by atoms with Crippen LogP contribution in [0.1, 0.15) is 5.56 Å². The van der Waals surface area contributed by atoms with Crippen LogP contribution < -0.4 is 11.1 Å². The van der Waals surface area contributed by atoms with Gasteiger partial charge < -0.3 is 11.1 Å². The molecule has 3 rings (SSSR count). The van der Waals surface area contributed by atoms with Crippen molar-refractivity contribution in [1.82, 2.24) is 0 Å². The lowest BCUT2D eigenvalue weighted by Crippen LogP contribution is -2.03. The number of rotatable bonds is 2. The van der Waals surface area contributed by atoms with Crippen LogP contribution in [0.3, 0.4) is 0 Å². The smallest absolute Gasteiger partial charge is 0.228 e. The van der Waals surface area contributed by atoms with Gasteiger partial charge in [0, 0.05) is 21.2 Å². The molecule has 1 heterocycles. The molecule has 0 atom stereocenters. The lowest BCUT2D eigenvalue weighted by atomic mass is 10.1. The normalized spacial score (nSPS) is 13.2. The van der Waals surface area contributed by atoms with E-state index in [1.165, 1.54) is 11.8 Å². The van der Waals surface area contributed by atoms with Gasteiger partial charge in [-0.2, -0.15) is 0 Å². The molecule has 0 unspecified atom stereocenters. The third-order valence-electron chi connectivity index (χ3n) is 2.92. The number of halogens is 1. The molecular formula is C14H11ClN2OS. The number of nitrogen functional groups attached to an aromatic ring is 1. The third-order valence-corrected chi connectivity index (χ3v) is 4.51. The number of amides is 1. The van der Waals surface area contributed by atoms with Crippen LogP contribution in [0.2, 0.25) is 5.02 Å². The first kappa shape index (κ1) is 12.4. The van der Waals surface area contributed by atoms with Crippen molar-refractivity contribution >= 4 is 40.6 Å². The van der Waals surface area contributed by atoms with Gasteiger partial charge in [0.2, 0.25) is 5.91 Å². The van der Waals surface area contributed by atoms with Crippen LogP contribution in [0.4, 0.5) is 11.4 Å². The Hall–Kier alpha value is -1.65. The number of nitrogens with two attached hydrogens (primary N) is 1. The highest BCUT2D eigenvalue weighted by atomic mass is 35.5. The predicted molar refractivity (Wildman–Crippen MR) is 78.8 cm³/mol. The van der Waals surface area contributed by atoms with Crippen molar-refractivity contribution in [2.75, 3.05) is 11.1 Å². The van der Waals surface area contributed by atoms with E-state index in [4.69, 9.17) is 17.3 Å². The van der Waals surface area contributed by atoms with Gasteiger partial charge in [-0.25, -0.2) is 0 Å². The monoisotopic (exact) mass is 290 g/mol. The van der Waals surface area contributed by atoms with Crippen molar-refractivity contribution in [1.29, 1.82) is 0 Å². The standard InChI is InChI=1S/C14H11ClN2OS/c15-9-3-1-2-4-12(9)19-13-7-11-8(5-10(13)16)6-14(18)17-11/h1-5,7H,6,16H2,(H,17,18). The fourth-order valence-corrected chi connectivity index (χ4v) is 3.16. The highest BCUT2D eigenvalue weighted by Crippen LogP contribution is 2.39. The summed E-state index contributed by atoms with van der Waals surface area (Å²) >= 11 is 7.64. The second-order valence-corrected chi connectivity index (χ2v) is 5.80. The van der Waals surface area contributed by atoms with Crippen LogP contribution in [-0.4, -0.2) is 5.91 Å². The van der Waals surface area contributed by atoms with E-state index >= 15 is 0 Å². The number of benzene rings is 2. The van der Waals surface area contributed by atoms with Crippen LogP contribution in [-0.2, 0) is 11.2 Å². The number of hydrogen-bond acceptors (Lipinski definition) is 3. The molecule has 0 fully saturated rings. The van der Waals surface area contributed by atoms with Crippen molar-refractivity contribution in [2.45, 2.75) is 16.2 Å². The van der Waals surface area contributed by atoms with Gasteiger partial charge in [-0.15, -0.1) is 0 Å². The van der Waals surface area contributed by atoms with Crippen LogP contribution in [0.5, 0.6) is 0 Å². The molecule has 0 aliphatic carbocycles. The van der Waals surface area contributed by atoms with E-state index in [0.717, 1.165) is 21.0 Å². The summed E-state index contributed by atoms with van der Waals surface area (Å²) in [7, 11) is 0. The topological polar surface area (TPSA) is 55.1 Å². The lowest BCUT2D eigenvalue weighted by molar-refractivity contribution is -0.115. The van der Waals surface area contributed by atoms with Crippen molar-refractivity contribution < 1.29 is 4.79 Å². The van der Waals surface area contributed by atoms with Crippen molar-refractivity contribution in [3.05, 3.63) is 47.0 Å². The predicted octanol–water partition coefficient (Wildman–Crippen LogP) is 3.57. The van der Waals surface area contributed by atoms with E-state index in [1.54, 1.807) is 0 Å². The van der Waals surface area contributed by atoms with Crippen LogP contribution >= 0.6 is 23.4 Å². The van der Waals surface area contributed by atoms with E-state index in [-0.39, 0.29) is 5.91 Å². The fourth-order valence-electron chi connectivity index (χ4n) is 2.01. The summed E-state index contributed by atoms with van der Waals surface area (Å²) in [5.41, 5.74) is 8.49. The molecule has 2 aromatic rings. The molecule has 0 spiro atoms. The molecule has 96 valence electrons. The molecule has 2 aromatic carbocycles. The third kappa shape index (κ3) is 2.41. The van der Waals surface area contributed by atoms with Gasteiger partial charge in [0.15, 0.2) is 0 Å². The van der Waals surface area contributed by atoms with E-state index in [9.17, 15) is 4.79 Å². The van der Waals surface area contributed by atoms with E-state index in [1.807, 2.05) is 36.4 Å². The minimum Gasteiger partial charge on any atom is -0.398 e. The fraction of sp³-hybridized carbons (Fsp3) is 0.0714. The first-order chi connectivity index (χ1) is 9.13. The van der Waals surface area contributed by atoms with Gasteiger partial charge in [0.1, 0.15) is 0 Å². The molecule has 1 aliphatic heterocycles. The summed E-state index contributed by atoms with van der Waals surface area (Å²) < 4.78 is 0. The molecule has 5 heteroatoms. The molecule has 0 bridgehead atoms. The molecule has 0 radical (unpaired) electrons. The van der Waals surface area contributed by atoms with Gasteiger partial charge >= 0.3 is 0 Å². The van der Waals surface area contributed by atoms with Gasteiger partial charge in [0.05, 0.1) is 11.4 Å². The minimum absolute atomic E-state index is 0.00861. The van der Waals surface area contributed by atoms with E-state index in [2.05, 4.69) is 5.32 Å². The number of nitrogens with one attached hydrogen (secondary N) is 1. The van der Waals surface area contributed by atoms with Crippen molar-refractivity contribution in [2.24, 2.45) is 0 Å². The zero-order valence-corrected chi connectivity index (χ0v) is 11.5. The summed E-state index contributed by atoms with van der Waals surface area (Å²) in [6.07, 6.45) is 0.399. The quantitative estimate of drug-likeness (QED) is 0.832. The molecule has 19 heavy (non-hydrogen) atoms. The van der Waals surface area contributed by atoms with E-state index < -0.39 is 0 Å². The summed E-state index contributed by atoms with van der Waals surface area (Å²) in [4.78, 5) is 13.2. The van der Waals surface area contributed by atoms with Gasteiger partial charge in [0.25, 0.3) is 0 Å². The number of carbonyl (C=O) groups is 1. The van der Waals surface area contributed by atoms with Crippen LogP contribution in [0.25, 0.3) is 0 Å². The Kier molecular flexibility index (Phi) is 3.12. The Labute approximate surface area is 120 Å². The molecule has 0 saturated carbocycles. The maximum absolute atomic E-state index is 11.4. The molecule has 0 saturated heterocycles. The highest BCUT2D eigenvalue weighted by molar-refractivity contribution is 7.99. The summed E-state index contributed by atoms with van der Waals surface area (Å²) in [6, 6.07) is 11.4. The number of hydrogen-bond donors (Lipinski definition) is 2. The zero-order chi connectivity index (χ0) is 13.4. The van der Waals surface area contributed by atoms with Crippen molar-refractivity contribution in [3.8, 4) is 0 Å². The zero-order valence-electron chi connectivity index (χ0n) is 9.94. The minimum atomic E-state index is 0.00861. The second kappa shape index (κ2) is 4.79. The SMILES string of the molecule is Nc1cc2c(cc1Sc1ccccc1Cl)NC(=O)C2. The van der Waals surface area contributed by atoms with E-state index in [0.29, 0.717) is 17.1 Å². The van der Waals surface area contributed by atoms with Crippen LogP contribution in [0.15, 0.2) is 46.2 Å². The van der Waals surface area contributed by atoms with Gasteiger partial charge in [-0.05, 0) is 29.8 Å². The maximum Gasteiger partial charge on any atom is 0.228 e. The molecule has 1 aliphatic rings. The average molecular weight is 291 g/mol. The number of carbonyl (C=O) groups excluding carboxylic acids is 1. The van der Waals surface area contributed by atoms with Crippen molar-refractivity contribution in [3.63, 3.8) is 0 Å². The maximum atomic E-state index is 11.4. The van der Waals surface area contributed by atoms with Gasteiger partial charge in [-0.3, -0.25) is 4.79 Å². The Morgan fingerprint density at radius 3 is 2.79 bits per heavy atom. The molecule has 1 amide bonds. The highest BCUT2D eigenvalue weighted by Gasteiger charge is 2.19. The summed E-state index contributed by atoms with van der Waals surface area (Å²) in [5.74, 6) is 0.00861. The summed E-state index contributed by atoms with van der Waals surface area (Å²) in [5, 5.41) is 3.52. The summed E-state index contributed by atoms with van der Waals surface area (Å²) in [6.45, 7) is 0. The molecule has 3 N–H and O–H groups in total. The van der Waals surface area contributed by atoms with Gasteiger partial charge in [-0.1, -0.05) is 35.5 Å². The average Bonchev–Trinajstić information content (AvgIpc) is 2.71. The van der Waals surface area contributed by atoms with Crippen LogP contribution in [0, 0.1) is 0 Å². The molecule has 0 aromatic heterocycles. The Morgan fingerprint density at radius 1 is 1.21 bits per heavy atom. The first-order valence-corrected chi connectivity index (χ1v) is 6.97. The molecule has 3 nitrogen and oxygen atoms in total. The Balaban J connectivity index is 1.97. The second-order valence-electron chi connectivity index (χ2n) is 4.30. The Bertz CT molecular complexity index is 672.